The molecule has 0 radical (unpaired) electrons. The van der Waals surface area contributed by atoms with Crippen molar-refractivity contribution < 1.29 is 18.3 Å². The first-order valence-electron chi connectivity index (χ1n) is 6.86. The zero-order valence-corrected chi connectivity index (χ0v) is 12.6. The molecule has 1 aromatic rings. The molecule has 0 aliphatic heterocycles. The fraction of sp³-hybridized carbons (Fsp3) is 0.600. The molecule has 1 unspecified atom stereocenters. The second-order valence-electron chi connectivity index (χ2n) is 5.52. The van der Waals surface area contributed by atoms with Gasteiger partial charge in [-0.3, -0.25) is 0 Å². The first-order chi connectivity index (χ1) is 9.38. The molecule has 5 heteroatoms. The van der Waals surface area contributed by atoms with E-state index in [0.717, 1.165) is 10.0 Å². The van der Waals surface area contributed by atoms with Gasteiger partial charge in [-0.15, -0.1) is 0 Å². The van der Waals surface area contributed by atoms with Crippen molar-refractivity contribution in [1.82, 2.24) is 0 Å². The first-order valence-corrected chi connectivity index (χ1v) is 7.65. The van der Waals surface area contributed by atoms with Gasteiger partial charge in [-0.25, -0.2) is 0 Å². The summed E-state index contributed by atoms with van der Waals surface area (Å²) in [5.41, 5.74) is 0.998. The molecular formula is C15H18BrF3O. The average molecular weight is 351 g/mol. The lowest BCUT2D eigenvalue weighted by Gasteiger charge is -2.32. The Morgan fingerprint density at radius 1 is 1.15 bits per heavy atom. The number of alkyl halides is 3. The van der Waals surface area contributed by atoms with Crippen molar-refractivity contribution in [2.75, 3.05) is 0 Å². The summed E-state index contributed by atoms with van der Waals surface area (Å²) < 4.78 is 38.7. The lowest BCUT2D eigenvalue weighted by atomic mass is 9.78. The van der Waals surface area contributed by atoms with Crippen molar-refractivity contribution in [1.29, 1.82) is 0 Å². The van der Waals surface area contributed by atoms with E-state index in [0.29, 0.717) is 19.3 Å². The highest BCUT2D eigenvalue weighted by molar-refractivity contribution is 9.10. The van der Waals surface area contributed by atoms with E-state index in [1.807, 2.05) is 24.3 Å². The topological polar surface area (TPSA) is 20.2 Å². The minimum absolute atomic E-state index is 0.0271. The van der Waals surface area contributed by atoms with Crippen LogP contribution in [0.4, 0.5) is 13.2 Å². The lowest BCUT2D eigenvalue weighted by molar-refractivity contribution is -0.185. The van der Waals surface area contributed by atoms with E-state index in [4.69, 9.17) is 0 Å². The Labute approximate surface area is 125 Å². The van der Waals surface area contributed by atoms with E-state index in [2.05, 4.69) is 15.9 Å². The molecule has 112 valence electrons. The quantitative estimate of drug-likeness (QED) is 0.835. The summed E-state index contributed by atoms with van der Waals surface area (Å²) in [5.74, 6) is -1.21. The smallest absolute Gasteiger partial charge is 0.391 e. The van der Waals surface area contributed by atoms with Gasteiger partial charge in [-0.05, 0) is 49.7 Å². The van der Waals surface area contributed by atoms with Crippen LogP contribution in [0.3, 0.4) is 0 Å². The largest absolute Gasteiger partial charge is 0.392 e. The molecule has 1 aromatic carbocycles. The summed E-state index contributed by atoms with van der Waals surface area (Å²) >= 11 is 3.42. The maximum Gasteiger partial charge on any atom is 0.391 e. The number of aliphatic hydroxyl groups is 1. The van der Waals surface area contributed by atoms with Crippen LogP contribution in [0.2, 0.25) is 0 Å². The van der Waals surface area contributed by atoms with Crippen molar-refractivity contribution in [2.24, 2.45) is 11.8 Å². The Hall–Kier alpha value is -0.550. The third kappa shape index (κ3) is 3.98. The van der Waals surface area contributed by atoms with Gasteiger partial charge in [0.15, 0.2) is 0 Å². The maximum atomic E-state index is 12.6. The molecule has 0 spiro atoms. The summed E-state index contributed by atoms with van der Waals surface area (Å²) in [6.45, 7) is 0. The van der Waals surface area contributed by atoms with Gasteiger partial charge in [-0.1, -0.05) is 34.1 Å². The van der Waals surface area contributed by atoms with Gasteiger partial charge in [0.2, 0.25) is 0 Å². The Balaban J connectivity index is 1.89. The number of hydrogen-bond donors (Lipinski definition) is 1. The molecule has 20 heavy (non-hydrogen) atoms. The normalized spacial score (nSPS) is 25.4. The molecule has 1 nitrogen and oxygen atoms in total. The highest BCUT2D eigenvalue weighted by atomic mass is 79.9. The third-order valence-electron chi connectivity index (χ3n) is 4.17. The standard InChI is InChI=1S/C15H18BrF3O/c16-13-4-2-1-3-11(13)9-14(20)10-5-7-12(8-6-10)15(17,18)19/h1-4,10,12,14,20H,5-9H2. The molecule has 1 fully saturated rings. The molecule has 1 atom stereocenters. The van der Waals surface area contributed by atoms with Gasteiger partial charge in [0.05, 0.1) is 12.0 Å². The van der Waals surface area contributed by atoms with Crippen molar-refractivity contribution in [2.45, 2.75) is 44.4 Å². The molecule has 1 aliphatic carbocycles. The van der Waals surface area contributed by atoms with Crippen molar-refractivity contribution in [3.63, 3.8) is 0 Å². The van der Waals surface area contributed by atoms with Crippen molar-refractivity contribution in [3.05, 3.63) is 34.3 Å². The van der Waals surface area contributed by atoms with E-state index in [1.165, 1.54) is 0 Å². The number of aliphatic hydroxyl groups excluding tert-OH is 1. The molecule has 1 N–H and O–H groups in total. The lowest BCUT2D eigenvalue weighted by Crippen LogP contribution is -2.32. The molecule has 0 amide bonds. The van der Waals surface area contributed by atoms with E-state index in [1.54, 1.807) is 0 Å². The molecular weight excluding hydrogens is 333 g/mol. The fourth-order valence-electron chi connectivity index (χ4n) is 2.89. The predicted molar refractivity (Wildman–Crippen MR) is 75.4 cm³/mol. The van der Waals surface area contributed by atoms with E-state index in [9.17, 15) is 18.3 Å². The van der Waals surface area contributed by atoms with Crippen LogP contribution in [0.15, 0.2) is 28.7 Å². The van der Waals surface area contributed by atoms with Crippen LogP contribution in [0.25, 0.3) is 0 Å². The van der Waals surface area contributed by atoms with Crippen LogP contribution in [0.5, 0.6) is 0 Å². The fourth-order valence-corrected chi connectivity index (χ4v) is 3.33. The Kier molecular flexibility index (Phi) is 5.13. The van der Waals surface area contributed by atoms with E-state index < -0.39 is 18.2 Å². The summed E-state index contributed by atoms with van der Waals surface area (Å²) in [5, 5.41) is 10.2. The molecule has 0 aromatic heterocycles. The third-order valence-corrected chi connectivity index (χ3v) is 4.94. The Bertz CT molecular complexity index is 439. The van der Waals surface area contributed by atoms with Crippen LogP contribution in [-0.2, 0) is 6.42 Å². The number of benzene rings is 1. The van der Waals surface area contributed by atoms with Crippen LogP contribution < -0.4 is 0 Å². The molecule has 2 rings (SSSR count). The highest BCUT2D eigenvalue weighted by Gasteiger charge is 2.42. The SMILES string of the molecule is OC(Cc1ccccc1Br)C1CCC(C(F)(F)F)CC1. The van der Waals surface area contributed by atoms with Gasteiger partial charge < -0.3 is 5.11 Å². The monoisotopic (exact) mass is 350 g/mol. The highest BCUT2D eigenvalue weighted by Crippen LogP contribution is 2.40. The van der Waals surface area contributed by atoms with Crippen LogP contribution in [0, 0.1) is 11.8 Å². The van der Waals surface area contributed by atoms with Gasteiger partial charge in [0.1, 0.15) is 0 Å². The minimum Gasteiger partial charge on any atom is -0.392 e. The molecule has 0 heterocycles. The summed E-state index contributed by atoms with van der Waals surface area (Å²) in [6, 6.07) is 7.62. The van der Waals surface area contributed by atoms with Crippen LogP contribution in [-0.4, -0.2) is 17.4 Å². The predicted octanol–water partition coefficient (Wildman–Crippen LogP) is 4.72. The van der Waals surface area contributed by atoms with Crippen LogP contribution >= 0.6 is 15.9 Å². The van der Waals surface area contributed by atoms with E-state index >= 15 is 0 Å². The van der Waals surface area contributed by atoms with Crippen molar-refractivity contribution in [3.8, 4) is 0 Å². The summed E-state index contributed by atoms with van der Waals surface area (Å²) in [7, 11) is 0. The summed E-state index contributed by atoms with van der Waals surface area (Å²) in [4.78, 5) is 0. The Morgan fingerprint density at radius 3 is 2.30 bits per heavy atom. The van der Waals surface area contributed by atoms with Crippen molar-refractivity contribution >= 4 is 15.9 Å². The zero-order valence-electron chi connectivity index (χ0n) is 11.0. The molecule has 1 saturated carbocycles. The second-order valence-corrected chi connectivity index (χ2v) is 6.37. The first kappa shape index (κ1) is 15.8. The molecule has 0 bridgehead atoms. The van der Waals surface area contributed by atoms with Gasteiger partial charge in [-0.2, -0.15) is 13.2 Å². The average Bonchev–Trinajstić information content (AvgIpc) is 2.40. The summed E-state index contributed by atoms with van der Waals surface area (Å²) in [6.07, 6.45) is -2.97. The van der Waals surface area contributed by atoms with Crippen LogP contribution in [0.1, 0.15) is 31.2 Å². The number of rotatable bonds is 3. The number of hydrogen-bond acceptors (Lipinski definition) is 1. The van der Waals surface area contributed by atoms with Gasteiger partial charge >= 0.3 is 6.18 Å². The molecule has 0 saturated heterocycles. The maximum absolute atomic E-state index is 12.6. The second kappa shape index (κ2) is 6.48. The minimum atomic E-state index is -4.08. The van der Waals surface area contributed by atoms with Gasteiger partial charge in [0, 0.05) is 4.47 Å². The zero-order chi connectivity index (χ0) is 14.8. The Morgan fingerprint density at radius 2 is 1.75 bits per heavy atom. The van der Waals surface area contributed by atoms with E-state index in [-0.39, 0.29) is 18.8 Å². The molecule has 1 aliphatic rings. The number of halogens is 4. The van der Waals surface area contributed by atoms with Gasteiger partial charge in [0.25, 0.3) is 0 Å².